The minimum Gasteiger partial charge on any atom is -0.476 e. The largest absolute Gasteiger partial charge is 0.476 e. The minimum absolute atomic E-state index is 0.0157. The van der Waals surface area contributed by atoms with Gasteiger partial charge in [0.15, 0.2) is 6.61 Å². The third-order valence-electron chi connectivity index (χ3n) is 3.03. The Kier molecular flexibility index (Phi) is 3.87. The predicted octanol–water partition coefficient (Wildman–Crippen LogP) is 2.81. The summed E-state index contributed by atoms with van der Waals surface area (Å²) in [6, 6.07) is 17.7. The molecule has 0 bridgehead atoms. The summed E-state index contributed by atoms with van der Waals surface area (Å²) in [4.78, 5) is 23.6. The summed E-state index contributed by atoms with van der Waals surface area (Å²) in [5.41, 5.74) is 0.543. The monoisotopic (exact) mass is 295 g/mol. The Bertz CT molecular complexity index is 855. The van der Waals surface area contributed by atoms with Crippen LogP contribution < -0.4 is 15.7 Å². The summed E-state index contributed by atoms with van der Waals surface area (Å²) >= 11 is 0. The number of carbonyl (C=O) groups excluding carboxylic acids is 1. The molecule has 0 saturated carbocycles. The first-order chi connectivity index (χ1) is 10.7. The van der Waals surface area contributed by atoms with E-state index < -0.39 is 5.63 Å². The van der Waals surface area contributed by atoms with Gasteiger partial charge in [-0.3, -0.25) is 4.79 Å². The summed E-state index contributed by atoms with van der Waals surface area (Å²) < 4.78 is 10.4. The van der Waals surface area contributed by atoms with Gasteiger partial charge in [-0.05, 0) is 24.3 Å². The van der Waals surface area contributed by atoms with E-state index in [0.717, 1.165) is 5.39 Å². The summed E-state index contributed by atoms with van der Waals surface area (Å²) in [6.45, 7) is -0.266. The number of nitrogens with one attached hydrogen (secondary N) is 1. The SMILES string of the molecule is O=C(COc1cc2ccccc2oc1=O)Nc1ccccc1. The van der Waals surface area contributed by atoms with Gasteiger partial charge in [-0.25, -0.2) is 4.79 Å². The number of hydrogen-bond donors (Lipinski definition) is 1. The number of benzene rings is 2. The Labute approximate surface area is 126 Å². The summed E-state index contributed by atoms with van der Waals surface area (Å²) in [6.07, 6.45) is 0. The smallest absolute Gasteiger partial charge is 0.379 e. The molecule has 22 heavy (non-hydrogen) atoms. The van der Waals surface area contributed by atoms with Crippen molar-refractivity contribution in [2.45, 2.75) is 0 Å². The molecule has 1 N–H and O–H groups in total. The van der Waals surface area contributed by atoms with Crippen LogP contribution in [0.1, 0.15) is 0 Å². The number of carbonyl (C=O) groups is 1. The fourth-order valence-corrected chi connectivity index (χ4v) is 2.01. The maximum Gasteiger partial charge on any atom is 0.379 e. The lowest BCUT2D eigenvalue weighted by Crippen LogP contribution is -2.21. The standard InChI is InChI=1S/C17H13NO4/c19-16(18-13-7-2-1-3-8-13)11-21-15-10-12-6-4-5-9-14(12)22-17(15)20/h1-10H,11H2,(H,18,19). The van der Waals surface area contributed by atoms with Crippen molar-refractivity contribution >= 4 is 22.6 Å². The molecule has 2 aromatic carbocycles. The van der Waals surface area contributed by atoms with Gasteiger partial charge in [-0.2, -0.15) is 0 Å². The average Bonchev–Trinajstić information content (AvgIpc) is 2.54. The molecule has 0 radical (unpaired) electrons. The Morgan fingerprint density at radius 2 is 1.77 bits per heavy atom. The van der Waals surface area contributed by atoms with Gasteiger partial charge in [0.05, 0.1) is 0 Å². The Morgan fingerprint density at radius 3 is 2.59 bits per heavy atom. The van der Waals surface area contributed by atoms with Crippen LogP contribution in [0.5, 0.6) is 5.75 Å². The highest BCUT2D eigenvalue weighted by Crippen LogP contribution is 2.16. The van der Waals surface area contributed by atoms with Crippen LogP contribution in [-0.4, -0.2) is 12.5 Å². The van der Waals surface area contributed by atoms with Gasteiger partial charge in [0.2, 0.25) is 5.75 Å². The van der Waals surface area contributed by atoms with Crippen LogP contribution in [0.4, 0.5) is 5.69 Å². The third-order valence-corrected chi connectivity index (χ3v) is 3.03. The number of hydrogen-bond acceptors (Lipinski definition) is 4. The van der Waals surface area contributed by atoms with Crippen LogP contribution in [0, 0.1) is 0 Å². The van der Waals surface area contributed by atoms with Gasteiger partial charge >= 0.3 is 5.63 Å². The molecular weight excluding hydrogens is 282 g/mol. The van der Waals surface area contributed by atoms with Crippen LogP contribution in [0.15, 0.2) is 69.9 Å². The number of ether oxygens (including phenoxy) is 1. The van der Waals surface area contributed by atoms with Crippen LogP contribution in [0.3, 0.4) is 0 Å². The van der Waals surface area contributed by atoms with Gasteiger partial charge in [0, 0.05) is 11.1 Å². The van der Waals surface area contributed by atoms with Crippen LogP contribution >= 0.6 is 0 Å². The first-order valence-electron chi connectivity index (χ1n) is 6.73. The van der Waals surface area contributed by atoms with Gasteiger partial charge in [-0.15, -0.1) is 0 Å². The lowest BCUT2D eigenvalue weighted by Gasteiger charge is -2.07. The maximum absolute atomic E-state index is 11.8. The number of amides is 1. The molecule has 0 spiro atoms. The Balaban J connectivity index is 1.70. The zero-order valence-corrected chi connectivity index (χ0v) is 11.6. The molecule has 0 aliphatic rings. The van der Waals surface area contributed by atoms with Crippen LogP contribution in [-0.2, 0) is 4.79 Å². The van der Waals surface area contributed by atoms with E-state index in [4.69, 9.17) is 9.15 Å². The zero-order valence-electron chi connectivity index (χ0n) is 11.6. The summed E-state index contributed by atoms with van der Waals surface area (Å²) in [7, 11) is 0. The molecule has 0 aliphatic heterocycles. The maximum atomic E-state index is 11.8. The molecule has 0 atom stereocenters. The zero-order chi connectivity index (χ0) is 15.4. The van der Waals surface area contributed by atoms with E-state index in [1.807, 2.05) is 24.3 Å². The summed E-state index contributed by atoms with van der Waals surface area (Å²) in [5.74, 6) is -0.333. The van der Waals surface area contributed by atoms with Gasteiger partial charge in [0.1, 0.15) is 5.58 Å². The summed E-state index contributed by atoms with van der Waals surface area (Å²) in [5, 5.41) is 3.41. The molecule has 1 heterocycles. The molecule has 0 aliphatic carbocycles. The van der Waals surface area contributed by atoms with Gasteiger partial charge < -0.3 is 14.5 Å². The first kappa shape index (κ1) is 13.9. The van der Waals surface area contributed by atoms with Crippen molar-refractivity contribution in [3.05, 3.63) is 71.1 Å². The molecule has 5 heteroatoms. The van der Waals surface area contributed by atoms with Gasteiger partial charge in [-0.1, -0.05) is 36.4 Å². The second-order valence-corrected chi connectivity index (χ2v) is 4.64. The number of anilines is 1. The highest BCUT2D eigenvalue weighted by Gasteiger charge is 2.09. The highest BCUT2D eigenvalue weighted by molar-refractivity contribution is 5.91. The third kappa shape index (κ3) is 3.15. The van der Waals surface area contributed by atoms with Crippen molar-refractivity contribution in [2.24, 2.45) is 0 Å². The lowest BCUT2D eigenvalue weighted by molar-refractivity contribution is -0.118. The van der Waals surface area contributed by atoms with Crippen molar-refractivity contribution in [1.82, 2.24) is 0 Å². The molecule has 3 rings (SSSR count). The van der Waals surface area contributed by atoms with E-state index in [-0.39, 0.29) is 18.3 Å². The number of rotatable bonds is 4. The lowest BCUT2D eigenvalue weighted by atomic mass is 10.2. The number of para-hydroxylation sites is 2. The van der Waals surface area contributed by atoms with Crippen molar-refractivity contribution in [1.29, 1.82) is 0 Å². The van der Waals surface area contributed by atoms with Crippen molar-refractivity contribution in [3.63, 3.8) is 0 Å². The average molecular weight is 295 g/mol. The molecule has 3 aromatic rings. The van der Waals surface area contributed by atoms with Gasteiger partial charge in [0.25, 0.3) is 5.91 Å². The molecule has 110 valence electrons. The normalized spacial score (nSPS) is 10.4. The van der Waals surface area contributed by atoms with Crippen LogP contribution in [0.25, 0.3) is 11.0 Å². The second-order valence-electron chi connectivity index (χ2n) is 4.64. The van der Waals surface area contributed by atoms with E-state index in [2.05, 4.69) is 5.32 Å². The van der Waals surface area contributed by atoms with E-state index in [9.17, 15) is 9.59 Å². The molecule has 0 saturated heterocycles. The van der Waals surface area contributed by atoms with E-state index in [1.165, 1.54) is 0 Å². The molecular formula is C17H13NO4. The second kappa shape index (κ2) is 6.13. The quantitative estimate of drug-likeness (QED) is 0.751. The van der Waals surface area contributed by atoms with E-state index >= 15 is 0 Å². The van der Waals surface area contributed by atoms with Crippen LogP contribution in [0.2, 0.25) is 0 Å². The number of fused-ring (bicyclic) bond motifs is 1. The topological polar surface area (TPSA) is 68.5 Å². The fraction of sp³-hybridized carbons (Fsp3) is 0.0588. The Morgan fingerprint density at radius 1 is 1.05 bits per heavy atom. The molecule has 0 unspecified atom stereocenters. The first-order valence-corrected chi connectivity index (χ1v) is 6.73. The van der Waals surface area contributed by atoms with Crippen molar-refractivity contribution in [3.8, 4) is 5.75 Å². The Hall–Kier alpha value is -3.08. The molecule has 5 nitrogen and oxygen atoms in total. The fourth-order valence-electron chi connectivity index (χ4n) is 2.01. The van der Waals surface area contributed by atoms with Crippen molar-refractivity contribution in [2.75, 3.05) is 11.9 Å². The molecule has 0 fully saturated rings. The highest BCUT2D eigenvalue weighted by atomic mass is 16.5. The molecule has 1 amide bonds. The van der Waals surface area contributed by atoms with E-state index in [0.29, 0.717) is 11.3 Å². The predicted molar refractivity (Wildman–Crippen MR) is 83.1 cm³/mol. The minimum atomic E-state index is -0.605. The molecule has 1 aromatic heterocycles. The van der Waals surface area contributed by atoms with E-state index in [1.54, 1.807) is 36.4 Å². The van der Waals surface area contributed by atoms with Crippen molar-refractivity contribution < 1.29 is 13.9 Å².